The van der Waals surface area contributed by atoms with Crippen LogP contribution in [0.25, 0.3) is 0 Å². The second-order valence-electron chi connectivity index (χ2n) is 7.39. The van der Waals surface area contributed by atoms with Crippen molar-refractivity contribution >= 4 is 11.8 Å². The van der Waals surface area contributed by atoms with Crippen molar-refractivity contribution in [1.82, 2.24) is 10.8 Å². The van der Waals surface area contributed by atoms with E-state index in [1.54, 1.807) is 45.0 Å². The molecular formula is C24H25N3O3. The molecule has 0 aliphatic carbocycles. The van der Waals surface area contributed by atoms with Gasteiger partial charge in [0.25, 0.3) is 11.8 Å². The number of hydrogen-bond donors (Lipinski definition) is 3. The topological polar surface area (TPSA) is 93.4 Å². The van der Waals surface area contributed by atoms with Gasteiger partial charge in [0.15, 0.2) is 0 Å². The smallest absolute Gasteiger partial charge is 0.267 e. The van der Waals surface area contributed by atoms with Gasteiger partial charge in [0.1, 0.15) is 6.04 Å². The van der Waals surface area contributed by atoms with Crippen LogP contribution in [0.1, 0.15) is 42.3 Å². The van der Waals surface area contributed by atoms with Crippen LogP contribution in [-0.4, -0.2) is 30.0 Å². The lowest BCUT2D eigenvalue weighted by molar-refractivity contribution is -0.147. The summed E-state index contributed by atoms with van der Waals surface area (Å²) < 4.78 is 0. The van der Waals surface area contributed by atoms with Crippen LogP contribution < -0.4 is 16.5 Å². The Bertz CT molecular complexity index is 986. The van der Waals surface area contributed by atoms with Crippen molar-refractivity contribution in [3.8, 4) is 23.7 Å². The predicted molar refractivity (Wildman–Crippen MR) is 116 cm³/mol. The molecule has 0 unspecified atom stereocenters. The summed E-state index contributed by atoms with van der Waals surface area (Å²) >= 11 is 0. The van der Waals surface area contributed by atoms with Crippen LogP contribution in [-0.2, 0) is 9.63 Å². The number of carbonyl (C=O) groups is 2. The fourth-order valence-electron chi connectivity index (χ4n) is 2.18. The second-order valence-corrected chi connectivity index (χ2v) is 7.39. The van der Waals surface area contributed by atoms with Gasteiger partial charge in [-0.3, -0.25) is 14.4 Å². The number of benzene rings is 2. The zero-order chi connectivity index (χ0) is 22.0. The molecule has 0 heterocycles. The number of rotatable bonds is 5. The number of hydrogen-bond acceptors (Lipinski definition) is 4. The van der Waals surface area contributed by atoms with E-state index in [9.17, 15) is 9.59 Å². The first-order chi connectivity index (χ1) is 14.3. The molecule has 2 amide bonds. The molecule has 2 aromatic rings. The quantitative estimate of drug-likeness (QED) is 0.526. The number of nitrogens with one attached hydrogen (secondary N) is 2. The van der Waals surface area contributed by atoms with E-state index in [4.69, 9.17) is 10.6 Å². The molecule has 6 nitrogen and oxygen atoms in total. The van der Waals surface area contributed by atoms with Crippen LogP contribution >= 0.6 is 0 Å². The lowest BCUT2D eigenvalue weighted by Gasteiger charge is -2.22. The molecule has 2 rings (SSSR count). The Hall–Kier alpha value is -3.58. The molecule has 0 spiro atoms. The maximum Gasteiger partial charge on any atom is 0.267 e. The molecule has 2 aromatic carbocycles. The lowest BCUT2D eigenvalue weighted by Crippen LogP contribution is -2.51. The summed E-state index contributed by atoms with van der Waals surface area (Å²) in [5.41, 5.74) is 9.38. The zero-order valence-corrected chi connectivity index (χ0v) is 17.3. The van der Waals surface area contributed by atoms with E-state index in [1.807, 2.05) is 30.3 Å². The third-order valence-corrected chi connectivity index (χ3v) is 3.71. The molecule has 154 valence electrons. The van der Waals surface area contributed by atoms with Crippen molar-refractivity contribution in [1.29, 1.82) is 0 Å². The molecule has 0 fully saturated rings. The number of hydroxylamine groups is 1. The minimum absolute atomic E-state index is 0.0608. The largest absolute Gasteiger partial charge is 0.339 e. The van der Waals surface area contributed by atoms with Crippen molar-refractivity contribution in [2.45, 2.75) is 32.4 Å². The van der Waals surface area contributed by atoms with E-state index in [1.165, 1.54) is 0 Å². The normalized spacial score (nSPS) is 11.2. The predicted octanol–water partition coefficient (Wildman–Crippen LogP) is 1.99. The number of amides is 2. The zero-order valence-electron chi connectivity index (χ0n) is 17.3. The van der Waals surface area contributed by atoms with Gasteiger partial charge in [0.05, 0.1) is 5.60 Å². The summed E-state index contributed by atoms with van der Waals surface area (Å²) in [5, 5.41) is 2.59. The Morgan fingerprint density at radius 1 is 0.967 bits per heavy atom. The molecule has 0 aliphatic heterocycles. The first-order valence-corrected chi connectivity index (χ1v) is 9.44. The first-order valence-electron chi connectivity index (χ1n) is 9.44. The van der Waals surface area contributed by atoms with Gasteiger partial charge in [-0.2, -0.15) is 0 Å². The van der Waals surface area contributed by atoms with E-state index in [0.29, 0.717) is 5.56 Å². The Balaban J connectivity index is 1.95. The van der Waals surface area contributed by atoms with E-state index in [0.717, 1.165) is 11.1 Å². The fraction of sp³-hybridized carbons (Fsp3) is 0.250. The van der Waals surface area contributed by atoms with Crippen LogP contribution in [0, 0.1) is 23.7 Å². The molecule has 30 heavy (non-hydrogen) atoms. The van der Waals surface area contributed by atoms with Crippen LogP contribution in [0.3, 0.4) is 0 Å². The van der Waals surface area contributed by atoms with E-state index in [-0.39, 0.29) is 6.54 Å². The average molecular weight is 403 g/mol. The highest BCUT2D eigenvalue weighted by molar-refractivity contribution is 5.97. The van der Waals surface area contributed by atoms with Crippen LogP contribution in [0.2, 0.25) is 0 Å². The van der Waals surface area contributed by atoms with Gasteiger partial charge in [-0.25, -0.2) is 5.48 Å². The fourth-order valence-corrected chi connectivity index (χ4v) is 2.18. The number of carbonyl (C=O) groups excluding carboxylic acids is 2. The van der Waals surface area contributed by atoms with E-state index < -0.39 is 23.5 Å². The number of nitrogens with two attached hydrogens (primary N) is 1. The minimum atomic E-state index is -0.910. The van der Waals surface area contributed by atoms with Gasteiger partial charge in [0.2, 0.25) is 0 Å². The van der Waals surface area contributed by atoms with Gasteiger partial charge in [-0.05, 0) is 69.0 Å². The Kier molecular flexibility index (Phi) is 8.19. The Labute approximate surface area is 177 Å². The summed E-state index contributed by atoms with van der Waals surface area (Å²) in [5.74, 6) is 10.5. The standard InChI is InChI=1S/C24H25N3O3/c1-24(2,3)30-27-23(29)21(17-25)26-22(28)20-15-13-19(14-16-20)12-8-7-11-18-9-5-4-6-10-18/h4-6,9-10,13-16,21H,17,25H2,1-3H3,(H,26,28)(H,27,29)/t21-/m0/s1. The molecule has 6 heteroatoms. The van der Waals surface area contributed by atoms with E-state index in [2.05, 4.69) is 34.5 Å². The van der Waals surface area contributed by atoms with Gasteiger partial charge in [-0.1, -0.05) is 30.0 Å². The molecule has 0 radical (unpaired) electrons. The average Bonchev–Trinajstić information content (AvgIpc) is 2.74. The summed E-state index contributed by atoms with van der Waals surface area (Å²) in [6, 6.07) is 15.3. The highest BCUT2D eigenvalue weighted by atomic mass is 16.7. The first kappa shape index (κ1) is 22.7. The van der Waals surface area contributed by atoms with Crippen molar-refractivity contribution in [3.05, 3.63) is 71.3 Å². The molecule has 0 saturated heterocycles. The van der Waals surface area contributed by atoms with Gasteiger partial charge in [-0.15, -0.1) is 0 Å². The summed E-state index contributed by atoms with van der Waals surface area (Å²) in [6.45, 7) is 5.32. The Morgan fingerprint density at radius 2 is 1.53 bits per heavy atom. The summed E-state index contributed by atoms with van der Waals surface area (Å²) in [6.07, 6.45) is 0. The van der Waals surface area contributed by atoms with Gasteiger partial charge < -0.3 is 11.1 Å². The molecule has 1 atom stereocenters. The lowest BCUT2D eigenvalue weighted by atomic mass is 10.1. The molecule has 0 aromatic heterocycles. The van der Waals surface area contributed by atoms with Gasteiger partial charge in [0, 0.05) is 23.2 Å². The summed E-state index contributed by atoms with van der Waals surface area (Å²) in [7, 11) is 0. The van der Waals surface area contributed by atoms with Crippen LogP contribution in [0.5, 0.6) is 0 Å². The maximum absolute atomic E-state index is 12.4. The Morgan fingerprint density at radius 3 is 2.07 bits per heavy atom. The maximum atomic E-state index is 12.4. The summed E-state index contributed by atoms with van der Waals surface area (Å²) in [4.78, 5) is 29.8. The third-order valence-electron chi connectivity index (χ3n) is 3.71. The highest BCUT2D eigenvalue weighted by Crippen LogP contribution is 2.05. The molecule has 0 aliphatic rings. The minimum Gasteiger partial charge on any atom is -0.339 e. The van der Waals surface area contributed by atoms with Crippen molar-refractivity contribution in [2.24, 2.45) is 5.73 Å². The van der Waals surface area contributed by atoms with Crippen molar-refractivity contribution in [3.63, 3.8) is 0 Å². The van der Waals surface area contributed by atoms with Crippen LogP contribution in [0.15, 0.2) is 54.6 Å². The van der Waals surface area contributed by atoms with Gasteiger partial charge >= 0.3 is 0 Å². The molecular weight excluding hydrogens is 378 g/mol. The molecule has 4 N–H and O–H groups in total. The van der Waals surface area contributed by atoms with Crippen LogP contribution in [0.4, 0.5) is 0 Å². The monoisotopic (exact) mass is 403 g/mol. The van der Waals surface area contributed by atoms with Crippen molar-refractivity contribution < 1.29 is 14.4 Å². The van der Waals surface area contributed by atoms with Crippen molar-refractivity contribution in [2.75, 3.05) is 6.54 Å². The molecule has 0 saturated carbocycles. The molecule has 0 bridgehead atoms. The SMILES string of the molecule is CC(C)(C)ONC(=O)[C@H](CN)NC(=O)c1ccc(C#CC#Cc2ccccc2)cc1. The second kappa shape index (κ2) is 10.8. The third kappa shape index (κ3) is 7.81. The van der Waals surface area contributed by atoms with E-state index >= 15 is 0 Å². The highest BCUT2D eigenvalue weighted by Gasteiger charge is 2.22.